The van der Waals surface area contributed by atoms with E-state index < -0.39 is 32.5 Å². The Morgan fingerprint density at radius 3 is 2.78 bits per heavy atom. The second-order valence-electron chi connectivity index (χ2n) is 9.46. The van der Waals surface area contributed by atoms with Crippen LogP contribution in [0.4, 0.5) is 9.18 Å². The van der Waals surface area contributed by atoms with Crippen molar-refractivity contribution in [1.29, 1.82) is 0 Å². The van der Waals surface area contributed by atoms with E-state index >= 15 is 0 Å². The summed E-state index contributed by atoms with van der Waals surface area (Å²) >= 11 is 0. The van der Waals surface area contributed by atoms with E-state index in [4.69, 9.17) is 9.57 Å². The molecule has 3 aliphatic rings. The van der Waals surface area contributed by atoms with E-state index in [1.807, 2.05) is 0 Å². The van der Waals surface area contributed by atoms with Crippen molar-refractivity contribution in [2.24, 2.45) is 0 Å². The van der Waals surface area contributed by atoms with Gasteiger partial charge in [-0.25, -0.2) is 27.9 Å². The third-order valence-corrected chi connectivity index (χ3v) is 8.70. The second kappa shape index (κ2) is 10.2. The molecule has 10 nitrogen and oxygen atoms in total. The zero-order valence-corrected chi connectivity index (χ0v) is 21.0. The van der Waals surface area contributed by atoms with Crippen molar-refractivity contribution in [3.63, 3.8) is 0 Å². The van der Waals surface area contributed by atoms with Gasteiger partial charge in [0.1, 0.15) is 0 Å². The molecule has 0 spiro atoms. The number of hydrogen-bond donors (Lipinski definition) is 2. The van der Waals surface area contributed by atoms with Crippen LogP contribution >= 0.6 is 0 Å². The first kappa shape index (κ1) is 26.2. The van der Waals surface area contributed by atoms with E-state index in [0.29, 0.717) is 24.3 Å². The Bertz CT molecular complexity index is 1260. The summed E-state index contributed by atoms with van der Waals surface area (Å²) in [5.74, 6) is 9.59. The van der Waals surface area contributed by atoms with Gasteiger partial charge in [0.2, 0.25) is 0 Å². The topological polar surface area (TPSA) is 119 Å². The number of rotatable bonds is 7. The van der Waals surface area contributed by atoms with Gasteiger partial charge in [-0.05, 0) is 50.0 Å². The number of aromatic nitrogens is 1. The van der Waals surface area contributed by atoms with Crippen LogP contribution in [0, 0.1) is 23.7 Å². The summed E-state index contributed by atoms with van der Waals surface area (Å²) in [7, 11) is -3.85. The Balaban J connectivity index is 1.35. The first-order valence-electron chi connectivity index (χ1n) is 11.7. The molecule has 36 heavy (non-hydrogen) atoms. The standard InChI is InChI=1S/C24H29FN4O6S/c1-23(36(2,32)33,21(30)27-35-20-8-4-6-12-34-20)10-11-28-15-19-13-18(14-29(19)22(28)31)7-3-5-9-24(25)16-26-17-24/h13-14,20,26H,4,6,8,10-12,15-17H2,1-2H3,(H,27,30)/t20?,23-/m1/s1. The molecule has 2 atom stereocenters. The van der Waals surface area contributed by atoms with Crippen molar-refractivity contribution in [3.05, 3.63) is 23.5 Å². The van der Waals surface area contributed by atoms with Crippen molar-refractivity contribution >= 4 is 21.8 Å². The molecule has 1 aromatic rings. The van der Waals surface area contributed by atoms with Gasteiger partial charge in [0.25, 0.3) is 5.91 Å². The van der Waals surface area contributed by atoms with Crippen molar-refractivity contribution in [2.45, 2.75) is 55.9 Å². The van der Waals surface area contributed by atoms with Crippen LogP contribution in [-0.4, -0.2) is 79.0 Å². The highest BCUT2D eigenvalue weighted by atomic mass is 32.2. The van der Waals surface area contributed by atoms with Gasteiger partial charge in [-0.2, -0.15) is 0 Å². The number of fused-ring (bicyclic) bond motifs is 1. The third-order valence-electron chi connectivity index (χ3n) is 6.67. The molecule has 0 bridgehead atoms. The number of nitrogens with one attached hydrogen (secondary N) is 2. The third kappa shape index (κ3) is 5.57. The molecular weight excluding hydrogens is 491 g/mol. The largest absolute Gasteiger partial charge is 0.350 e. The van der Waals surface area contributed by atoms with E-state index in [1.54, 1.807) is 12.3 Å². The molecule has 2 N–H and O–H groups in total. The van der Waals surface area contributed by atoms with Gasteiger partial charge in [-0.3, -0.25) is 9.36 Å². The van der Waals surface area contributed by atoms with E-state index in [1.165, 1.54) is 16.4 Å². The Morgan fingerprint density at radius 2 is 2.17 bits per heavy atom. The van der Waals surface area contributed by atoms with Crippen LogP contribution in [0.1, 0.15) is 43.9 Å². The number of nitrogens with zero attached hydrogens (tertiary/aromatic N) is 2. The number of amides is 2. The lowest BCUT2D eigenvalue weighted by atomic mass is 10.0. The molecule has 0 aromatic carbocycles. The van der Waals surface area contributed by atoms with Crippen LogP contribution in [0.3, 0.4) is 0 Å². The lowest BCUT2D eigenvalue weighted by Gasteiger charge is -2.29. The van der Waals surface area contributed by atoms with Crippen LogP contribution in [0.25, 0.3) is 0 Å². The fraction of sp³-hybridized carbons (Fsp3) is 0.583. The Labute approximate surface area is 209 Å². The second-order valence-corrected chi connectivity index (χ2v) is 11.9. The number of ether oxygens (including phenoxy) is 1. The van der Waals surface area contributed by atoms with Crippen molar-refractivity contribution in [2.75, 3.05) is 32.5 Å². The van der Waals surface area contributed by atoms with Gasteiger partial charge >= 0.3 is 6.03 Å². The monoisotopic (exact) mass is 520 g/mol. The van der Waals surface area contributed by atoms with Crippen molar-refractivity contribution < 1.29 is 32.0 Å². The normalized spacial score (nSPS) is 22.2. The molecule has 4 rings (SSSR count). The fourth-order valence-electron chi connectivity index (χ4n) is 3.99. The molecule has 2 amide bonds. The molecule has 3 aliphatic heterocycles. The van der Waals surface area contributed by atoms with Gasteiger partial charge in [-0.1, -0.05) is 5.92 Å². The highest BCUT2D eigenvalue weighted by Crippen LogP contribution is 2.26. The molecule has 2 fully saturated rings. The minimum Gasteiger partial charge on any atom is -0.350 e. The summed E-state index contributed by atoms with van der Waals surface area (Å²) in [5.41, 5.74) is 1.95. The highest BCUT2D eigenvalue weighted by molar-refractivity contribution is 7.92. The molecule has 0 saturated carbocycles. The quantitative estimate of drug-likeness (QED) is 0.401. The Hall–Kier alpha value is -2.90. The van der Waals surface area contributed by atoms with E-state index in [2.05, 4.69) is 34.5 Å². The Morgan fingerprint density at radius 1 is 1.39 bits per heavy atom. The molecule has 2 saturated heterocycles. The SMILES string of the molecule is C[C@@](CCN1Cc2cc(C#CC#CC3(F)CNC3)cn2C1=O)(C(=O)NOC1CCCCO1)S(C)(=O)=O. The zero-order chi connectivity index (χ0) is 26.0. The summed E-state index contributed by atoms with van der Waals surface area (Å²) in [6, 6.07) is 1.37. The molecule has 0 aliphatic carbocycles. The lowest BCUT2D eigenvalue weighted by Crippen LogP contribution is -2.55. The number of hydroxylamine groups is 1. The van der Waals surface area contributed by atoms with E-state index in [9.17, 15) is 22.4 Å². The van der Waals surface area contributed by atoms with Crippen LogP contribution in [0.15, 0.2) is 12.3 Å². The molecule has 1 aromatic heterocycles. The van der Waals surface area contributed by atoms with Crippen LogP contribution < -0.4 is 10.8 Å². The lowest BCUT2D eigenvalue weighted by molar-refractivity contribution is -0.201. The average molecular weight is 521 g/mol. The minimum absolute atomic E-state index is 0.0382. The van der Waals surface area contributed by atoms with Gasteiger partial charge in [0.15, 0.2) is 26.5 Å². The van der Waals surface area contributed by atoms with E-state index in [0.717, 1.165) is 19.1 Å². The summed E-state index contributed by atoms with van der Waals surface area (Å²) in [4.78, 5) is 32.4. The predicted molar refractivity (Wildman–Crippen MR) is 128 cm³/mol. The molecule has 1 unspecified atom stereocenters. The molecule has 194 valence electrons. The molecular formula is C24H29FN4O6S. The summed E-state index contributed by atoms with van der Waals surface area (Å²) < 4.78 is 43.9. The number of sulfone groups is 1. The van der Waals surface area contributed by atoms with Gasteiger partial charge in [-0.15, -0.1) is 0 Å². The first-order valence-corrected chi connectivity index (χ1v) is 13.6. The molecule has 12 heteroatoms. The summed E-state index contributed by atoms with van der Waals surface area (Å²) in [6.45, 7) is 2.48. The fourth-order valence-corrected chi connectivity index (χ4v) is 4.83. The zero-order valence-electron chi connectivity index (χ0n) is 20.2. The van der Waals surface area contributed by atoms with Crippen LogP contribution in [0.2, 0.25) is 0 Å². The van der Waals surface area contributed by atoms with Crippen molar-refractivity contribution in [3.8, 4) is 23.7 Å². The van der Waals surface area contributed by atoms with Crippen molar-refractivity contribution in [1.82, 2.24) is 20.3 Å². The molecule has 0 radical (unpaired) electrons. The maximum absolute atomic E-state index is 13.8. The van der Waals surface area contributed by atoms with Crippen LogP contribution in [-0.2, 0) is 30.8 Å². The first-order chi connectivity index (χ1) is 17.0. The number of halogens is 1. The predicted octanol–water partition coefficient (Wildman–Crippen LogP) is 0.706. The number of hydrogen-bond acceptors (Lipinski definition) is 7. The summed E-state index contributed by atoms with van der Waals surface area (Å²) in [6.07, 6.45) is 4.20. The number of carbonyl (C=O) groups is 2. The summed E-state index contributed by atoms with van der Waals surface area (Å²) in [5, 5.41) is 2.81. The number of alkyl halides is 1. The maximum atomic E-state index is 13.8. The van der Waals surface area contributed by atoms with Gasteiger partial charge < -0.3 is 15.0 Å². The van der Waals surface area contributed by atoms with Gasteiger partial charge in [0.05, 0.1) is 6.54 Å². The van der Waals surface area contributed by atoms with E-state index in [-0.39, 0.29) is 38.6 Å². The average Bonchev–Trinajstić information content (AvgIpc) is 3.35. The highest BCUT2D eigenvalue weighted by Gasteiger charge is 2.45. The minimum atomic E-state index is -3.85. The number of carbonyl (C=O) groups excluding carboxylic acids is 2. The molecule has 4 heterocycles. The Kier molecular flexibility index (Phi) is 7.43. The maximum Gasteiger partial charge on any atom is 0.328 e. The smallest absolute Gasteiger partial charge is 0.328 e. The van der Waals surface area contributed by atoms with Gasteiger partial charge in [0, 0.05) is 56.4 Å². The van der Waals surface area contributed by atoms with Crippen LogP contribution in [0.5, 0.6) is 0 Å².